The van der Waals surface area contributed by atoms with Crippen LogP contribution in [-0.4, -0.2) is 40.4 Å². The number of ether oxygens (including phenoxy) is 2. The van der Waals surface area contributed by atoms with Crippen LogP contribution in [0.5, 0.6) is 5.88 Å². The molecule has 2 aromatic carbocycles. The largest absolute Gasteiger partial charge is 0.481 e. The molecule has 2 heterocycles. The molecule has 4 aromatic rings. The van der Waals surface area contributed by atoms with Crippen LogP contribution in [0.15, 0.2) is 65.3 Å². The SMILES string of the molecule is CCc1ccc(-c2c(-c3ccccc3)oc3ncnc(OCC(C)OCCC(=O)O)c23)cc1. The molecule has 2 aromatic heterocycles. The normalized spacial score (nSPS) is 12.1. The van der Waals surface area contributed by atoms with E-state index in [0.29, 0.717) is 22.7 Å². The van der Waals surface area contributed by atoms with Crippen molar-refractivity contribution in [3.8, 4) is 28.3 Å². The molecule has 7 nitrogen and oxygen atoms in total. The zero-order valence-electron chi connectivity index (χ0n) is 18.7. The summed E-state index contributed by atoms with van der Waals surface area (Å²) in [5.41, 5.74) is 4.46. The first-order chi connectivity index (χ1) is 16.1. The second-order valence-corrected chi connectivity index (χ2v) is 7.72. The molecule has 0 aliphatic carbocycles. The van der Waals surface area contributed by atoms with E-state index in [2.05, 4.69) is 41.2 Å². The van der Waals surface area contributed by atoms with Gasteiger partial charge in [0.2, 0.25) is 11.6 Å². The Kier molecular flexibility index (Phi) is 7.00. The molecule has 0 saturated heterocycles. The number of hydrogen-bond donors (Lipinski definition) is 1. The van der Waals surface area contributed by atoms with Gasteiger partial charge in [0.15, 0.2) is 0 Å². The summed E-state index contributed by atoms with van der Waals surface area (Å²) < 4.78 is 17.7. The maximum Gasteiger partial charge on any atom is 0.305 e. The fraction of sp³-hybridized carbons (Fsp3) is 0.269. The van der Waals surface area contributed by atoms with E-state index in [4.69, 9.17) is 19.0 Å². The van der Waals surface area contributed by atoms with Gasteiger partial charge in [-0.15, -0.1) is 0 Å². The van der Waals surface area contributed by atoms with Gasteiger partial charge in [-0.2, -0.15) is 0 Å². The quantitative estimate of drug-likeness (QED) is 0.349. The molecule has 0 fully saturated rings. The third-order valence-electron chi connectivity index (χ3n) is 5.31. The van der Waals surface area contributed by atoms with Crippen molar-refractivity contribution in [1.82, 2.24) is 9.97 Å². The van der Waals surface area contributed by atoms with Gasteiger partial charge in [-0.25, -0.2) is 9.97 Å². The monoisotopic (exact) mass is 446 g/mol. The number of benzene rings is 2. The molecule has 0 spiro atoms. The molecule has 33 heavy (non-hydrogen) atoms. The smallest absolute Gasteiger partial charge is 0.305 e. The minimum atomic E-state index is -0.897. The van der Waals surface area contributed by atoms with Crippen LogP contribution >= 0.6 is 0 Å². The van der Waals surface area contributed by atoms with E-state index < -0.39 is 5.97 Å². The fourth-order valence-corrected chi connectivity index (χ4v) is 3.58. The van der Waals surface area contributed by atoms with E-state index >= 15 is 0 Å². The first-order valence-corrected chi connectivity index (χ1v) is 10.9. The second kappa shape index (κ2) is 10.3. The van der Waals surface area contributed by atoms with Crippen LogP contribution in [0, 0.1) is 0 Å². The van der Waals surface area contributed by atoms with E-state index in [-0.39, 0.29) is 25.7 Å². The number of rotatable bonds is 10. The van der Waals surface area contributed by atoms with Gasteiger partial charge in [-0.1, -0.05) is 61.5 Å². The standard InChI is InChI=1S/C26H26N2O5/c1-3-18-9-11-19(12-10-18)22-23-25(32-15-17(2)31-14-13-21(29)30)27-16-28-26(23)33-24(22)20-7-5-4-6-8-20/h4-12,16-17H,3,13-15H2,1-2H3,(H,29,30). The van der Waals surface area contributed by atoms with Crippen LogP contribution in [0.25, 0.3) is 33.6 Å². The molecule has 7 heteroatoms. The summed E-state index contributed by atoms with van der Waals surface area (Å²) in [5.74, 6) is 0.200. The topological polar surface area (TPSA) is 94.7 Å². The Morgan fingerprint density at radius 2 is 1.82 bits per heavy atom. The molecular formula is C26H26N2O5. The first-order valence-electron chi connectivity index (χ1n) is 10.9. The van der Waals surface area contributed by atoms with Crippen LogP contribution in [0.3, 0.4) is 0 Å². The minimum absolute atomic E-state index is 0.0534. The highest BCUT2D eigenvalue weighted by atomic mass is 16.5. The van der Waals surface area contributed by atoms with Gasteiger partial charge in [-0.3, -0.25) is 4.79 Å². The number of nitrogens with zero attached hydrogens (tertiary/aromatic N) is 2. The molecule has 0 aliphatic rings. The van der Waals surface area contributed by atoms with Gasteiger partial charge >= 0.3 is 5.97 Å². The Labute approximate surface area is 192 Å². The number of fused-ring (bicyclic) bond motifs is 1. The number of aliphatic carboxylic acids is 1. The summed E-state index contributed by atoms with van der Waals surface area (Å²) in [7, 11) is 0. The first kappa shape index (κ1) is 22.5. The molecule has 4 rings (SSSR count). The number of carboxylic acids is 1. The van der Waals surface area contributed by atoms with Crippen molar-refractivity contribution in [1.29, 1.82) is 0 Å². The number of aryl methyl sites for hydroxylation is 1. The number of aromatic nitrogens is 2. The van der Waals surface area contributed by atoms with Crippen molar-refractivity contribution in [2.45, 2.75) is 32.8 Å². The highest BCUT2D eigenvalue weighted by Crippen LogP contribution is 2.43. The van der Waals surface area contributed by atoms with Gasteiger partial charge in [-0.05, 0) is 24.5 Å². The molecule has 1 N–H and O–H groups in total. The summed E-state index contributed by atoms with van der Waals surface area (Å²) in [6, 6.07) is 18.2. The van der Waals surface area contributed by atoms with Crippen molar-refractivity contribution in [2.75, 3.05) is 13.2 Å². The van der Waals surface area contributed by atoms with E-state index in [0.717, 1.165) is 23.1 Å². The minimum Gasteiger partial charge on any atom is -0.481 e. The summed E-state index contributed by atoms with van der Waals surface area (Å²) in [6.45, 7) is 4.29. The lowest BCUT2D eigenvalue weighted by molar-refractivity contribution is -0.138. The Balaban J connectivity index is 1.73. The highest BCUT2D eigenvalue weighted by molar-refractivity contribution is 6.03. The highest BCUT2D eigenvalue weighted by Gasteiger charge is 2.23. The molecule has 1 unspecified atom stereocenters. The van der Waals surface area contributed by atoms with Crippen LogP contribution in [0.2, 0.25) is 0 Å². The van der Waals surface area contributed by atoms with E-state index in [9.17, 15) is 4.79 Å². The van der Waals surface area contributed by atoms with Gasteiger partial charge in [0.1, 0.15) is 24.1 Å². The average Bonchev–Trinajstić information content (AvgIpc) is 3.23. The number of furan rings is 1. The van der Waals surface area contributed by atoms with E-state index in [1.807, 2.05) is 37.3 Å². The lowest BCUT2D eigenvalue weighted by atomic mass is 9.98. The Morgan fingerprint density at radius 3 is 2.52 bits per heavy atom. The van der Waals surface area contributed by atoms with Crippen molar-refractivity contribution in [3.63, 3.8) is 0 Å². The predicted molar refractivity (Wildman–Crippen MR) is 125 cm³/mol. The third-order valence-corrected chi connectivity index (χ3v) is 5.31. The van der Waals surface area contributed by atoms with E-state index in [1.54, 1.807) is 0 Å². The maximum atomic E-state index is 10.7. The molecule has 0 bridgehead atoms. The lowest BCUT2D eigenvalue weighted by Crippen LogP contribution is -2.20. The number of carbonyl (C=O) groups is 1. The van der Waals surface area contributed by atoms with Crippen LogP contribution < -0.4 is 4.74 Å². The molecule has 170 valence electrons. The summed E-state index contributed by atoms with van der Waals surface area (Å²) in [6.07, 6.45) is 2.01. The van der Waals surface area contributed by atoms with Crippen LogP contribution in [-0.2, 0) is 16.0 Å². The summed E-state index contributed by atoms with van der Waals surface area (Å²) in [4.78, 5) is 19.4. The second-order valence-electron chi connectivity index (χ2n) is 7.72. The molecule has 0 radical (unpaired) electrons. The maximum absolute atomic E-state index is 10.7. The predicted octanol–water partition coefficient (Wildman–Crippen LogP) is 5.38. The zero-order valence-corrected chi connectivity index (χ0v) is 18.7. The van der Waals surface area contributed by atoms with Crippen molar-refractivity contribution >= 4 is 17.1 Å². The molecular weight excluding hydrogens is 420 g/mol. The van der Waals surface area contributed by atoms with Gasteiger partial charge in [0.25, 0.3) is 0 Å². The fourth-order valence-electron chi connectivity index (χ4n) is 3.58. The van der Waals surface area contributed by atoms with Crippen LogP contribution in [0.1, 0.15) is 25.8 Å². The lowest BCUT2D eigenvalue weighted by Gasteiger charge is -2.14. The summed E-state index contributed by atoms with van der Waals surface area (Å²) >= 11 is 0. The van der Waals surface area contributed by atoms with Gasteiger partial charge < -0.3 is 19.0 Å². The van der Waals surface area contributed by atoms with Crippen LogP contribution in [0.4, 0.5) is 0 Å². The Morgan fingerprint density at radius 1 is 1.06 bits per heavy atom. The summed E-state index contributed by atoms with van der Waals surface area (Å²) in [5, 5.41) is 9.47. The van der Waals surface area contributed by atoms with Gasteiger partial charge in [0.05, 0.1) is 19.1 Å². The van der Waals surface area contributed by atoms with Gasteiger partial charge in [0, 0.05) is 11.1 Å². The number of carboxylic acid groups (broad SMARTS) is 1. The van der Waals surface area contributed by atoms with E-state index in [1.165, 1.54) is 11.9 Å². The average molecular weight is 447 g/mol. The molecule has 0 aliphatic heterocycles. The van der Waals surface area contributed by atoms with Crippen molar-refractivity contribution in [3.05, 3.63) is 66.5 Å². The Hall–Kier alpha value is -3.71. The number of hydrogen-bond acceptors (Lipinski definition) is 6. The molecule has 0 saturated carbocycles. The van der Waals surface area contributed by atoms with Crippen molar-refractivity contribution in [2.24, 2.45) is 0 Å². The molecule has 1 atom stereocenters. The third kappa shape index (κ3) is 5.21. The molecule has 0 amide bonds. The zero-order chi connectivity index (χ0) is 23.2. The van der Waals surface area contributed by atoms with Crippen molar-refractivity contribution < 1.29 is 23.8 Å². The Bertz CT molecular complexity index is 1220.